The van der Waals surface area contributed by atoms with Gasteiger partial charge >= 0.3 is 0 Å². The van der Waals surface area contributed by atoms with E-state index in [1.807, 2.05) is 24.3 Å². The molecule has 1 atom stereocenters. The number of hydrogen-bond donors (Lipinski definition) is 0. The molecule has 0 amide bonds. The van der Waals surface area contributed by atoms with Crippen molar-refractivity contribution in [1.29, 1.82) is 0 Å². The molecule has 0 bridgehead atoms. The van der Waals surface area contributed by atoms with Crippen LogP contribution in [0.1, 0.15) is 36.7 Å². The number of sulfone groups is 1. The Balaban J connectivity index is 3.08. The molecule has 1 aromatic carbocycles. The zero-order valence-corrected chi connectivity index (χ0v) is 13.1. The van der Waals surface area contributed by atoms with Crippen LogP contribution in [0.15, 0.2) is 24.3 Å². The molecule has 0 N–H and O–H groups in total. The summed E-state index contributed by atoms with van der Waals surface area (Å²) in [6.45, 7) is 5.59. The van der Waals surface area contributed by atoms with Gasteiger partial charge in [0.15, 0.2) is 9.84 Å². The molecule has 17 heavy (non-hydrogen) atoms. The van der Waals surface area contributed by atoms with Crippen molar-refractivity contribution in [3.63, 3.8) is 0 Å². The van der Waals surface area contributed by atoms with Crippen molar-refractivity contribution in [3.05, 3.63) is 35.4 Å². The third-order valence-electron chi connectivity index (χ3n) is 3.25. The molecule has 0 fully saturated rings. The van der Waals surface area contributed by atoms with Gasteiger partial charge in [-0.3, -0.25) is 0 Å². The van der Waals surface area contributed by atoms with Crippen LogP contribution in [0.3, 0.4) is 0 Å². The van der Waals surface area contributed by atoms with Gasteiger partial charge in [0.05, 0.1) is 9.57 Å². The lowest BCUT2D eigenvalue weighted by Crippen LogP contribution is -2.35. The van der Waals surface area contributed by atoms with Crippen molar-refractivity contribution in [3.8, 4) is 0 Å². The fourth-order valence-electron chi connectivity index (χ4n) is 1.51. The summed E-state index contributed by atoms with van der Waals surface area (Å²) >= 11 is 3.51. The monoisotopic (exact) mass is 318 g/mol. The lowest BCUT2D eigenvalue weighted by atomic mass is 10.0. The van der Waals surface area contributed by atoms with Crippen LogP contribution in [0.2, 0.25) is 0 Å². The highest BCUT2D eigenvalue weighted by molar-refractivity contribution is 9.09. The molecule has 96 valence electrons. The smallest absolute Gasteiger partial charge is 0.154 e. The first kappa shape index (κ1) is 14.7. The van der Waals surface area contributed by atoms with Crippen LogP contribution in [0.5, 0.6) is 0 Å². The molecule has 0 aliphatic heterocycles. The molecule has 1 rings (SSSR count). The van der Waals surface area contributed by atoms with Crippen molar-refractivity contribution < 1.29 is 8.42 Å². The van der Waals surface area contributed by atoms with Crippen LogP contribution in [-0.4, -0.2) is 19.4 Å². The Morgan fingerprint density at radius 3 is 2.06 bits per heavy atom. The average Bonchev–Trinajstić information content (AvgIpc) is 2.26. The van der Waals surface area contributed by atoms with Gasteiger partial charge in [0, 0.05) is 6.26 Å². The van der Waals surface area contributed by atoms with Crippen molar-refractivity contribution in [2.24, 2.45) is 0 Å². The Labute approximate surface area is 112 Å². The quantitative estimate of drug-likeness (QED) is 0.796. The first-order valence-corrected chi connectivity index (χ1v) is 8.43. The van der Waals surface area contributed by atoms with E-state index in [1.54, 1.807) is 13.8 Å². The Kier molecular flexibility index (Phi) is 4.42. The number of aryl methyl sites for hydroxylation is 1. The highest BCUT2D eigenvalue weighted by atomic mass is 79.9. The fraction of sp³-hybridized carbons (Fsp3) is 0.538. The van der Waals surface area contributed by atoms with Gasteiger partial charge < -0.3 is 0 Å². The minimum Gasteiger partial charge on any atom is -0.229 e. The van der Waals surface area contributed by atoms with Gasteiger partial charge in [-0.1, -0.05) is 47.1 Å². The summed E-state index contributed by atoms with van der Waals surface area (Å²) in [6.07, 6.45) is 2.27. The van der Waals surface area contributed by atoms with Crippen molar-refractivity contribution in [2.45, 2.75) is 36.8 Å². The predicted molar refractivity (Wildman–Crippen MR) is 76.4 cm³/mol. The zero-order valence-electron chi connectivity index (χ0n) is 10.7. The zero-order chi connectivity index (χ0) is 13.3. The lowest BCUT2D eigenvalue weighted by molar-refractivity contribution is 0.548. The summed E-state index contributed by atoms with van der Waals surface area (Å²) in [5, 5.41) is 0. The van der Waals surface area contributed by atoms with Crippen LogP contribution >= 0.6 is 15.9 Å². The Morgan fingerprint density at radius 1 is 1.24 bits per heavy atom. The minimum absolute atomic E-state index is 0.198. The van der Waals surface area contributed by atoms with Crippen molar-refractivity contribution in [1.82, 2.24) is 0 Å². The first-order chi connectivity index (χ1) is 7.70. The van der Waals surface area contributed by atoms with E-state index < -0.39 is 14.6 Å². The van der Waals surface area contributed by atoms with Crippen LogP contribution in [0, 0.1) is 0 Å². The summed E-state index contributed by atoms with van der Waals surface area (Å²) in [4.78, 5) is -0.198. The highest BCUT2D eigenvalue weighted by Gasteiger charge is 2.38. The minimum atomic E-state index is -3.11. The lowest BCUT2D eigenvalue weighted by Gasteiger charge is -2.28. The van der Waals surface area contributed by atoms with E-state index in [4.69, 9.17) is 0 Å². The number of alkyl halides is 1. The summed E-state index contributed by atoms with van der Waals surface area (Å²) < 4.78 is 22.7. The summed E-state index contributed by atoms with van der Waals surface area (Å²) in [5.74, 6) is 0. The topological polar surface area (TPSA) is 34.1 Å². The van der Waals surface area contributed by atoms with Gasteiger partial charge in [0.25, 0.3) is 0 Å². The molecule has 0 aromatic heterocycles. The second-order valence-electron chi connectivity index (χ2n) is 4.83. The van der Waals surface area contributed by atoms with E-state index >= 15 is 0 Å². The molecule has 1 unspecified atom stereocenters. The molecular formula is C13H19BrO2S. The summed E-state index contributed by atoms with van der Waals surface area (Å²) in [6, 6.07) is 8.07. The molecule has 1 aromatic rings. The average molecular weight is 319 g/mol. The van der Waals surface area contributed by atoms with Crippen LogP contribution < -0.4 is 0 Å². The second-order valence-corrected chi connectivity index (χ2v) is 8.35. The van der Waals surface area contributed by atoms with Gasteiger partial charge in [-0.2, -0.15) is 0 Å². The van der Waals surface area contributed by atoms with Crippen LogP contribution in [0.4, 0.5) is 0 Å². The molecule has 0 saturated carbocycles. The number of benzene rings is 1. The summed E-state index contributed by atoms with van der Waals surface area (Å²) in [7, 11) is -3.11. The summed E-state index contributed by atoms with van der Waals surface area (Å²) in [5.41, 5.74) is 2.25. The van der Waals surface area contributed by atoms with E-state index in [-0.39, 0.29) is 4.83 Å². The van der Waals surface area contributed by atoms with E-state index in [0.29, 0.717) is 0 Å². The molecule has 2 nitrogen and oxygen atoms in total. The normalized spacial score (nSPS) is 14.6. The van der Waals surface area contributed by atoms with Crippen molar-refractivity contribution in [2.75, 3.05) is 6.26 Å². The molecule has 0 aliphatic carbocycles. The largest absolute Gasteiger partial charge is 0.229 e. The molecular weight excluding hydrogens is 300 g/mol. The van der Waals surface area contributed by atoms with Crippen LogP contribution in [-0.2, 0) is 16.3 Å². The molecule has 0 radical (unpaired) electrons. The number of hydrogen-bond acceptors (Lipinski definition) is 2. The third kappa shape index (κ3) is 3.10. The highest BCUT2D eigenvalue weighted by Crippen LogP contribution is 2.39. The van der Waals surface area contributed by atoms with E-state index in [9.17, 15) is 8.42 Å². The Hall–Kier alpha value is -0.350. The van der Waals surface area contributed by atoms with E-state index in [1.165, 1.54) is 11.8 Å². The predicted octanol–water partition coefficient (Wildman–Crippen LogP) is 3.51. The third-order valence-corrected chi connectivity index (χ3v) is 7.37. The maximum absolute atomic E-state index is 11.8. The van der Waals surface area contributed by atoms with Crippen LogP contribution in [0.25, 0.3) is 0 Å². The van der Waals surface area contributed by atoms with Gasteiger partial charge in [-0.25, -0.2) is 8.42 Å². The second kappa shape index (κ2) is 5.11. The fourth-order valence-corrected chi connectivity index (χ4v) is 3.35. The first-order valence-electron chi connectivity index (χ1n) is 5.62. The number of halogens is 1. The van der Waals surface area contributed by atoms with Crippen molar-refractivity contribution >= 4 is 25.8 Å². The maximum Gasteiger partial charge on any atom is 0.154 e. The molecule has 0 spiro atoms. The molecule has 0 saturated heterocycles. The van der Waals surface area contributed by atoms with E-state index in [0.717, 1.165) is 12.0 Å². The Bertz CT molecular complexity index is 475. The van der Waals surface area contributed by atoms with Gasteiger partial charge in [0.1, 0.15) is 0 Å². The van der Waals surface area contributed by atoms with Gasteiger partial charge in [0.2, 0.25) is 0 Å². The van der Waals surface area contributed by atoms with E-state index in [2.05, 4.69) is 22.9 Å². The molecule has 0 aliphatic rings. The van der Waals surface area contributed by atoms with Gasteiger partial charge in [-0.15, -0.1) is 0 Å². The molecule has 0 heterocycles. The maximum atomic E-state index is 11.8. The standard InChI is InChI=1S/C13H19BrO2S/c1-5-10-6-8-11(9-7-10)12(14)13(2,3)17(4,15)16/h6-9,12H,5H2,1-4H3. The SMILES string of the molecule is CCc1ccc(C(Br)C(C)(C)S(C)(=O)=O)cc1. The van der Waals surface area contributed by atoms with Gasteiger partial charge in [-0.05, 0) is 31.4 Å². The molecule has 4 heteroatoms. The Morgan fingerprint density at radius 2 is 1.71 bits per heavy atom. The number of rotatable bonds is 4.